The van der Waals surface area contributed by atoms with Crippen LogP contribution in [-0.4, -0.2) is 34.6 Å². The molecule has 1 aliphatic heterocycles. The summed E-state index contributed by atoms with van der Waals surface area (Å²) in [4.78, 5) is 4.38. The van der Waals surface area contributed by atoms with Crippen LogP contribution in [0.5, 0.6) is 0 Å². The van der Waals surface area contributed by atoms with Crippen molar-refractivity contribution in [3.05, 3.63) is 35.6 Å². The zero-order valence-electron chi connectivity index (χ0n) is 11.8. The lowest BCUT2D eigenvalue weighted by molar-refractivity contribution is 0.0640. The molecule has 2 rings (SSSR count). The van der Waals surface area contributed by atoms with Gasteiger partial charge in [0.25, 0.3) is 0 Å². The monoisotopic (exact) mass is 298 g/mol. The molecular formula is C14H19FN2O2S. The van der Waals surface area contributed by atoms with E-state index in [4.69, 9.17) is 10.5 Å². The topological polar surface area (TPSA) is 70.7 Å². The minimum absolute atomic E-state index is 0.292. The minimum atomic E-state index is -1.18. The van der Waals surface area contributed by atoms with Crippen molar-refractivity contribution >= 4 is 17.0 Å². The molecule has 110 valence electrons. The first-order valence-corrected chi connectivity index (χ1v) is 7.90. The summed E-state index contributed by atoms with van der Waals surface area (Å²) in [7, 11) is 1.55. The normalized spacial score (nSPS) is 31.8. The molecule has 0 aromatic heterocycles. The molecule has 4 atom stereocenters. The average Bonchev–Trinajstić information content (AvgIpc) is 2.42. The van der Waals surface area contributed by atoms with Gasteiger partial charge in [0.2, 0.25) is 0 Å². The number of rotatable bonds is 3. The standard InChI is InChI=1S/C14H19FN2O2S/c1-14(20(3)18)8-11(19-2)12(17-13(14)16)9-6-4-5-7-10(9)15/h4-7,11-12H,8H2,1-3H3,(H2,16,17). The largest absolute Gasteiger partial charge is 0.616 e. The van der Waals surface area contributed by atoms with Gasteiger partial charge in [-0.25, -0.2) is 4.39 Å². The Kier molecular flexibility index (Phi) is 4.36. The Morgan fingerprint density at radius 1 is 1.50 bits per heavy atom. The highest BCUT2D eigenvalue weighted by Crippen LogP contribution is 2.38. The van der Waals surface area contributed by atoms with Crippen LogP contribution in [0.3, 0.4) is 0 Å². The van der Waals surface area contributed by atoms with Crippen LogP contribution in [0, 0.1) is 5.82 Å². The van der Waals surface area contributed by atoms with Crippen molar-refractivity contribution in [2.75, 3.05) is 13.4 Å². The Labute approximate surface area is 121 Å². The number of halogens is 1. The van der Waals surface area contributed by atoms with Gasteiger partial charge in [-0.05, 0) is 24.2 Å². The van der Waals surface area contributed by atoms with Crippen molar-refractivity contribution in [2.45, 2.75) is 30.2 Å². The summed E-state index contributed by atoms with van der Waals surface area (Å²) in [5.41, 5.74) is 6.44. The number of nitrogens with two attached hydrogens (primary N) is 1. The third-order valence-corrected chi connectivity index (χ3v) is 5.57. The van der Waals surface area contributed by atoms with E-state index in [1.807, 2.05) is 0 Å². The van der Waals surface area contributed by atoms with Crippen LogP contribution in [0.4, 0.5) is 4.39 Å². The Morgan fingerprint density at radius 3 is 2.70 bits per heavy atom. The van der Waals surface area contributed by atoms with Crippen LogP contribution in [0.2, 0.25) is 0 Å². The van der Waals surface area contributed by atoms with Gasteiger partial charge < -0.3 is 15.0 Å². The fourth-order valence-corrected chi connectivity index (χ4v) is 3.18. The van der Waals surface area contributed by atoms with E-state index in [2.05, 4.69) is 4.99 Å². The fraction of sp³-hybridized carbons (Fsp3) is 0.500. The van der Waals surface area contributed by atoms with Crippen molar-refractivity contribution < 1.29 is 13.7 Å². The number of nitrogens with zero attached hydrogens (tertiary/aromatic N) is 1. The van der Waals surface area contributed by atoms with Crippen molar-refractivity contribution in [1.82, 2.24) is 0 Å². The Balaban J connectivity index is 2.45. The van der Waals surface area contributed by atoms with E-state index in [1.54, 1.807) is 38.5 Å². The Bertz CT molecular complexity index is 524. The maximum Gasteiger partial charge on any atom is 0.181 e. The molecule has 4 unspecified atom stereocenters. The summed E-state index contributed by atoms with van der Waals surface area (Å²) >= 11 is -1.18. The van der Waals surface area contributed by atoms with Crippen LogP contribution >= 0.6 is 0 Å². The molecule has 2 N–H and O–H groups in total. The summed E-state index contributed by atoms with van der Waals surface area (Å²) in [5.74, 6) is -0.0442. The van der Waals surface area contributed by atoms with Gasteiger partial charge in [-0.1, -0.05) is 18.2 Å². The van der Waals surface area contributed by atoms with Gasteiger partial charge in [-0.2, -0.15) is 0 Å². The van der Waals surface area contributed by atoms with Crippen molar-refractivity contribution in [2.24, 2.45) is 10.7 Å². The summed E-state index contributed by atoms with van der Waals surface area (Å²) in [6, 6.07) is 5.94. The van der Waals surface area contributed by atoms with E-state index in [9.17, 15) is 8.94 Å². The van der Waals surface area contributed by atoms with Gasteiger partial charge in [0, 0.05) is 19.1 Å². The SMILES string of the molecule is COC1CC(C)([S+](C)[O-])C(N)=NC1c1ccccc1F. The highest BCUT2D eigenvalue weighted by Gasteiger charge is 2.47. The van der Waals surface area contributed by atoms with Crippen molar-refractivity contribution in [1.29, 1.82) is 0 Å². The maximum absolute atomic E-state index is 13.9. The van der Waals surface area contributed by atoms with Gasteiger partial charge in [-0.3, -0.25) is 4.99 Å². The van der Waals surface area contributed by atoms with Crippen molar-refractivity contribution in [3.63, 3.8) is 0 Å². The molecule has 0 amide bonds. The molecule has 1 aromatic rings. The lowest BCUT2D eigenvalue weighted by Gasteiger charge is -2.39. The molecule has 0 bridgehead atoms. The molecule has 1 aromatic carbocycles. The quantitative estimate of drug-likeness (QED) is 0.865. The second kappa shape index (κ2) is 5.71. The summed E-state index contributed by atoms with van der Waals surface area (Å²) < 4.78 is 30.6. The molecule has 0 saturated heterocycles. The van der Waals surface area contributed by atoms with E-state index in [0.29, 0.717) is 17.8 Å². The second-order valence-electron chi connectivity index (χ2n) is 5.14. The number of hydrogen-bond acceptors (Lipinski definition) is 4. The molecule has 4 nitrogen and oxygen atoms in total. The first-order valence-electron chi connectivity index (χ1n) is 6.34. The van der Waals surface area contributed by atoms with Crippen LogP contribution in [0.15, 0.2) is 29.3 Å². The smallest absolute Gasteiger partial charge is 0.181 e. The van der Waals surface area contributed by atoms with Gasteiger partial charge >= 0.3 is 0 Å². The lowest BCUT2D eigenvalue weighted by atomic mass is 9.89. The number of hydrogen-bond donors (Lipinski definition) is 1. The molecule has 6 heteroatoms. The highest BCUT2D eigenvalue weighted by atomic mass is 32.2. The number of aliphatic imine (C=N–C) groups is 1. The third kappa shape index (κ3) is 2.55. The predicted octanol–water partition coefficient (Wildman–Crippen LogP) is 1.78. The molecule has 0 saturated carbocycles. The Morgan fingerprint density at radius 2 is 2.15 bits per heavy atom. The summed E-state index contributed by atoms with van der Waals surface area (Å²) in [6.07, 6.45) is 1.69. The number of amidine groups is 1. The molecule has 20 heavy (non-hydrogen) atoms. The molecule has 0 spiro atoms. The lowest BCUT2D eigenvalue weighted by Crippen LogP contribution is -2.54. The van der Waals surface area contributed by atoms with Gasteiger partial charge in [0.05, 0.1) is 12.4 Å². The van der Waals surface area contributed by atoms with E-state index < -0.39 is 22.0 Å². The highest BCUT2D eigenvalue weighted by molar-refractivity contribution is 7.92. The molecular weight excluding hydrogens is 279 g/mol. The number of benzene rings is 1. The zero-order chi connectivity index (χ0) is 14.9. The molecule has 0 aliphatic carbocycles. The predicted molar refractivity (Wildman–Crippen MR) is 78.6 cm³/mol. The Hall–Kier alpha value is -1.11. The second-order valence-corrected chi connectivity index (χ2v) is 6.95. The van der Waals surface area contributed by atoms with Crippen LogP contribution in [-0.2, 0) is 15.9 Å². The van der Waals surface area contributed by atoms with Gasteiger partial charge in [-0.15, -0.1) is 0 Å². The third-order valence-electron chi connectivity index (χ3n) is 3.92. The van der Waals surface area contributed by atoms with E-state index in [1.165, 1.54) is 6.07 Å². The van der Waals surface area contributed by atoms with Crippen LogP contribution < -0.4 is 5.73 Å². The first kappa shape index (κ1) is 15.3. The van der Waals surface area contributed by atoms with Gasteiger partial charge in [0.1, 0.15) is 11.9 Å². The van der Waals surface area contributed by atoms with E-state index in [0.717, 1.165) is 0 Å². The van der Waals surface area contributed by atoms with Crippen LogP contribution in [0.25, 0.3) is 0 Å². The molecule has 0 radical (unpaired) electrons. The molecule has 1 heterocycles. The minimum Gasteiger partial charge on any atom is -0.616 e. The van der Waals surface area contributed by atoms with Crippen LogP contribution in [0.1, 0.15) is 24.9 Å². The number of ether oxygens (including phenoxy) is 1. The van der Waals surface area contributed by atoms with E-state index in [-0.39, 0.29) is 11.9 Å². The van der Waals surface area contributed by atoms with Gasteiger partial charge in [0.15, 0.2) is 10.6 Å². The summed E-state index contributed by atoms with van der Waals surface area (Å²) in [5, 5.41) is 0. The molecule has 0 fully saturated rings. The number of methoxy groups -OCH3 is 1. The van der Waals surface area contributed by atoms with E-state index >= 15 is 0 Å². The fourth-order valence-electron chi connectivity index (χ4n) is 2.43. The first-order chi connectivity index (χ1) is 9.40. The zero-order valence-corrected chi connectivity index (χ0v) is 12.6. The van der Waals surface area contributed by atoms with Crippen molar-refractivity contribution in [3.8, 4) is 0 Å². The molecule has 1 aliphatic rings. The summed E-state index contributed by atoms with van der Waals surface area (Å²) in [6.45, 7) is 1.80. The maximum atomic E-state index is 13.9. The average molecular weight is 298 g/mol.